The van der Waals surface area contributed by atoms with Gasteiger partial charge in [0, 0.05) is 0 Å². The lowest BCUT2D eigenvalue weighted by molar-refractivity contribution is -0.209. The minimum atomic E-state index is -5.69. The number of aliphatic hydroxyl groups excluding tert-OH is 4. The quantitative estimate of drug-likeness (QED) is 0.0989. The van der Waals surface area contributed by atoms with Crippen molar-refractivity contribution in [1.29, 1.82) is 0 Å². The van der Waals surface area contributed by atoms with E-state index in [4.69, 9.17) is 39.6 Å². The van der Waals surface area contributed by atoms with Gasteiger partial charge in [-0.15, -0.1) is 0 Å². The van der Waals surface area contributed by atoms with E-state index in [0.717, 1.165) is 0 Å². The molecule has 0 bridgehead atoms. The summed E-state index contributed by atoms with van der Waals surface area (Å²) in [6, 6.07) is 0. The number of phosphoric ester groups is 4. The van der Waals surface area contributed by atoms with Crippen LogP contribution >= 0.6 is 31.3 Å². The molecular formula is C9H22O20P4. The van der Waals surface area contributed by atoms with Gasteiger partial charge in [0.1, 0.15) is 42.7 Å². The van der Waals surface area contributed by atoms with Crippen molar-refractivity contribution in [3.05, 3.63) is 0 Å². The van der Waals surface area contributed by atoms with Crippen molar-refractivity contribution in [2.24, 2.45) is 0 Å². The first kappa shape index (κ1) is 31.3. The number of phosphoric acid groups is 4. The number of hydrogen-bond acceptors (Lipinski definition) is 13. The van der Waals surface area contributed by atoms with Crippen LogP contribution in [0.15, 0.2) is 0 Å². The Morgan fingerprint density at radius 3 is 1.33 bits per heavy atom. The Hall–Kier alpha value is 0.280. The fourth-order valence-electron chi connectivity index (χ4n) is 2.53. The Labute approximate surface area is 183 Å². The molecule has 0 saturated heterocycles. The molecule has 1 aliphatic carbocycles. The third-order valence-corrected chi connectivity index (χ3v) is 6.21. The van der Waals surface area contributed by atoms with E-state index in [9.17, 15) is 33.4 Å². The van der Waals surface area contributed by atoms with Crippen molar-refractivity contribution in [2.45, 2.75) is 42.7 Å². The fourth-order valence-corrected chi connectivity index (χ4v) is 5.19. The smallest absolute Gasteiger partial charge is 0.394 e. The van der Waals surface area contributed by atoms with Crippen molar-refractivity contribution in [3.8, 4) is 0 Å². The SMILES string of the molecule is O=P(O)(O)OC1[C@@H](OP(=O)(O)O)[C@@H](O)C(OP(=O)(O)OCC(O)CO)[C@H](O)[C@H]1OP(=O)(O)O. The Bertz CT molecular complexity index is 791. The lowest BCUT2D eigenvalue weighted by atomic mass is 9.85. The zero-order valence-corrected chi connectivity index (χ0v) is 19.4. The molecule has 1 aliphatic rings. The van der Waals surface area contributed by atoms with Gasteiger partial charge in [-0.2, -0.15) is 0 Å². The summed E-state index contributed by atoms with van der Waals surface area (Å²) in [5.74, 6) is 0. The lowest BCUT2D eigenvalue weighted by Crippen LogP contribution is -2.65. The topological polar surface area (TPSA) is 337 Å². The minimum absolute atomic E-state index is 0.938. The molecule has 0 heterocycles. The Morgan fingerprint density at radius 1 is 0.636 bits per heavy atom. The van der Waals surface area contributed by atoms with Gasteiger partial charge in [0.2, 0.25) is 0 Å². The molecule has 0 aromatic carbocycles. The largest absolute Gasteiger partial charge is 0.472 e. The van der Waals surface area contributed by atoms with E-state index < -0.39 is 87.2 Å². The van der Waals surface area contributed by atoms with Gasteiger partial charge in [-0.05, 0) is 0 Å². The normalized spacial score (nSPS) is 32.3. The molecule has 1 saturated carbocycles. The average molecular weight is 574 g/mol. The molecule has 8 atom stereocenters. The predicted octanol–water partition coefficient (Wildman–Crippen LogP) is -3.99. The maximum absolute atomic E-state index is 12.0. The van der Waals surface area contributed by atoms with Crippen molar-refractivity contribution < 1.29 is 95.6 Å². The van der Waals surface area contributed by atoms with Gasteiger partial charge in [-0.3, -0.25) is 22.6 Å². The van der Waals surface area contributed by atoms with E-state index in [0.29, 0.717) is 0 Å². The van der Waals surface area contributed by atoms with Gasteiger partial charge in [0.15, 0.2) is 0 Å². The van der Waals surface area contributed by atoms with Crippen molar-refractivity contribution >= 4 is 31.3 Å². The predicted molar refractivity (Wildman–Crippen MR) is 96.5 cm³/mol. The van der Waals surface area contributed by atoms with E-state index >= 15 is 0 Å². The van der Waals surface area contributed by atoms with E-state index in [-0.39, 0.29) is 0 Å². The molecule has 11 N–H and O–H groups in total. The molecule has 24 heteroatoms. The van der Waals surface area contributed by atoms with Crippen LogP contribution in [-0.2, 0) is 40.9 Å². The summed E-state index contributed by atoms with van der Waals surface area (Å²) in [4.78, 5) is 63.8. The van der Waals surface area contributed by atoms with Crippen LogP contribution in [0.25, 0.3) is 0 Å². The van der Waals surface area contributed by atoms with Gasteiger partial charge in [0.05, 0.1) is 13.2 Å². The molecule has 1 rings (SSSR count). The molecule has 0 aliphatic heterocycles. The summed E-state index contributed by atoms with van der Waals surface area (Å²) in [5.41, 5.74) is 0. The zero-order chi connectivity index (χ0) is 26.0. The first-order valence-electron chi connectivity index (χ1n) is 8.18. The van der Waals surface area contributed by atoms with Crippen LogP contribution in [0.1, 0.15) is 0 Å². The monoisotopic (exact) mass is 574 g/mol. The Morgan fingerprint density at radius 2 is 1.00 bits per heavy atom. The highest BCUT2D eigenvalue weighted by molar-refractivity contribution is 7.47. The molecule has 20 nitrogen and oxygen atoms in total. The minimum Gasteiger partial charge on any atom is -0.394 e. The average Bonchev–Trinajstić information content (AvgIpc) is 2.60. The first-order chi connectivity index (χ1) is 14.7. The highest BCUT2D eigenvalue weighted by atomic mass is 31.2. The van der Waals surface area contributed by atoms with Crippen molar-refractivity contribution in [1.82, 2.24) is 0 Å². The van der Waals surface area contributed by atoms with Crippen LogP contribution in [-0.4, -0.2) is 111 Å². The summed E-state index contributed by atoms with van der Waals surface area (Å²) in [6.45, 7) is -1.98. The second-order valence-electron chi connectivity index (χ2n) is 6.33. The molecule has 0 aromatic rings. The molecule has 0 radical (unpaired) electrons. The zero-order valence-electron chi connectivity index (χ0n) is 15.8. The van der Waals surface area contributed by atoms with Gasteiger partial charge >= 0.3 is 31.3 Å². The highest BCUT2D eigenvalue weighted by Gasteiger charge is 2.58. The van der Waals surface area contributed by atoms with Crippen LogP contribution in [0.2, 0.25) is 0 Å². The molecule has 1 fully saturated rings. The molecular weight excluding hydrogens is 552 g/mol. The molecule has 4 unspecified atom stereocenters. The summed E-state index contributed by atoms with van der Waals surface area (Å²) in [6.07, 6.45) is -17.8. The third kappa shape index (κ3) is 10.8. The number of aliphatic hydroxyl groups is 4. The van der Waals surface area contributed by atoms with Crippen LogP contribution in [0.3, 0.4) is 0 Å². The van der Waals surface area contributed by atoms with E-state index in [1.165, 1.54) is 0 Å². The van der Waals surface area contributed by atoms with Gasteiger partial charge in [-0.25, -0.2) is 18.3 Å². The van der Waals surface area contributed by atoms with Gasteiger partial charge in [0.25, 0.3) is 0 Å². The summed E-state index contributed by atoms with van der Waals surface area (Å²) < 4.78 is 67.0. The standard InChI is InChI=1S/C9H22O20P4/c10-1-3(11)2-25-33(23,24)29-6-4(12)7(26-30(14,15)16)9(28-32(20,21)22)8(5(6)13)27-31(17,18)19/h3-13H,1-2H2,(H,23,24)(H2,14,15,16)(H2,17,18,19)(H2,20,21,22)/t3?,4-,5-,6?,7-,8+,9?/m0/s1. The second kappa shape index (κ2) is 11.6. The summed E-state index contributed by atoms with van der Waals surface area (Å²) >= 11 is 0. The van der Waals surface area contributed by atoms with Crippen LogP contribution in [0, 0.1) is 0 Å². The maximum atomic E-state index is 12.0. The third-order valence-electron chi connectivity index (χ3n) is 3.67. The van der Waals surface area contributed by atoms with Crippen molar-refractivity contribution in [2.75, 3.05) is 13.2 Å². The number of hydrogen-bond donors (Lipinski definition) is 11. The summed E-state index contributed by atoms with van der Waals surface area (Å²) in [5, 5.41) is 38.5. The summed E-state index contributed by atoms with van der Waals surface area (Å²) in [7, 11) is -22.5. The van der Waals surface area contributed by atoms with E-state index in [1.807, 2.05) is 0 Å². The molecule has 0 aromatic heterocycles. The van der Waals surface area contributed by atoms with Gasteiger partial charge < -0.3 is 54.7 Å². The Balaban J connectivity index is 3.42. The molecule has 0 spiro atoms. The Kier molecular flexibility index (Phi) is 11.0. The highest BCUT2D eigenvalue weighted by Crippen LogP contribution is 2.53. The van der Waals surface area contributed by atoms with E-state index in [1.54, 1.807) is 0 Å². The maximum Gasteiger partial charge on any atom is 0.472 e. The molecule has 33 heavy (non-hydrogen) atoms. The van der Waals surface area contributed by atoms with Crippen LogP contribution < -0.4 is 0 Å². The van der Waals surface area contributed by atoms with Crippen LogP contribution in [0.5, 0.6) is 0 Å². The first-order valence-corrected chi connectivity index (χ1v) is 14.3. The van der Waals surface area contributed by atoms with Crippen LogP contribution in [0.4, 0.5) is 0 Å². The second-order valence-corrected chi connectivity index (χ2v) is 11.3. The van der Waals surface area contributed by atoms with E-state index in [2.05, 4.69) is 22.6 Å². The molecule has 198 valence electrons. The number of rotatable bonds is 12. The van der Waals surface area contributed by atoms with Crippen molar-refractivity contribution in [3.63, 3.8) is 0 Å². The molecule has 0 amide bonds. The fraction of sp³-hybridized carbons (Fsp3) is 1.00. The van der Waals surface area contributed by atoms with Gasteiger partial charge in [-0.1, -0.05) is 0 Å². The lowest BCUT2D eigenvalue weighted by Gasteiger charge is -2.45.